The summed E-state index contributed by atoms with van der Waals surface area (Å²) >= 11 is 0. The molecule has 0 atom stereocenters. The Morgan fingerprint density at radius 1 is 1.26 bits per heavy atom. The largest absolute Gasteiger partial charge is 0.481 e. The molecular weight excluding hydrogens is 318 g/mol. The van der Waals surface area contributed by atoms with E-state index in [1.165, 1.54) is 30.7 Å². The van der Waals surface area contributed by atoms with E-state index in [2.05, 4.69) is 9.97 Å². The van der Waals surface area contributed by atoms with E-state index >= 15 is 0 Å². The monoisotopic (exact) mass is 331 g/mol. The van der Waals surface area contributed by atoms with Crippen LogP contribution in [-0.2, 0) is 21.2 Å². The van der Waals surface area contributed by atoms with Crippen LogP contribution in [0.3, 0.4) is 0 Å². The molecule has 0 aromatic carbocycles. The lowest BCUT2D eigenvalue weighted by atomic mass is 10.1. The van der Waals surface area contributed by atoms with Gasteiger partial charge in [0.05, 0.1) is 6.42 Å². The summed E-state index contributed by atoms with van der Waals surface area (Å²) < 4.78 is 26.9. The first-order valence-electron chi connectivity index (χ1n) is 6.75. The van der Waals surface area contributed by atoms with Crippen LogP contribution in [0, 0.1) is 6.92 Å². The van der Waals surface area contributed by atoms with Crippen LogP contribution in [0.2, 0.25) is 0 Å². The second-order valence-corrected chi connectivity index (χ2v) is 6.75. The van der Waals surface area contributed by atoms with E-state index in [9.17, 15) is 13.2 Å². The average molecular weight is 331 g/mol. The Kier molecular flexibility index (Phi) is 3.61. The first-order chi connectivity index (χ1) is 10.9. The highest BCUT2D eigenvalue weighted by molar-refractivity contribution is 7.90. The van der Waals surface area contributed by atoms with Crippen molar-refractivity contribution >= 4 is 27.0 Å². The molecule has 118 valence electrons. The molecule has 8 heteroatoms. The quantitative estimate of drug-likeness (QED) is 0.779. The third-order valence-corrected chi connectivity index (χ3v) is 5.31. The van der Waals surface area contributed by atoms with Gasteiger partial charge in [-0.15, -0.1) is 0 Å². The van der Waals surface area contributed by atoms with Crippen LogP contribution in [-0.4, -0.2) is 33.4 Å². The fourth-order valence-electron chi connectivity index (χ4n) is 2.54. The van der Waals surface area contributed by atoms with Crippen LogP contribution in [0.1, 0.15) is 11.3 Å². The number of carboxylic acid groups (broad SMARTS) is 1. The lowest BCUT2D eigenvalue weighted by Crippen LogP contribution is -2.15. The van der Waals surface area contributed by atoms with Crippen LogP contribution in [0.5, 0.6) is 0 Å². The van der Waals surface area contributed by atoms with Gasteiger partial charge in [0, 0.05) is 29.7 Å². The Bertz CT molecular complexity index is 994. The van der Waals surface area contributed by atoms with Crippen molar-refractivity contribution in [3.8, 4) is 0 Å². The van der Waals surface area contributed by atoms with Gasteiger partial charge in [-0.1, -0.05) is 0 Å². The molecule has 3 aromatic rings. The highest BCUT2D eigenvalue weighted by atomic mass is 32.2. The number of carboxylic acids is 1. The van der Waals surface area contributed by atoms with E-state index in [-0.39, 0.29) is 17.0 Å². The van der Waals surface area contributed by atoms with Gasteiger partial charge < -0.3 is 5.11 Å². The second kappa shape index (κ2) is 5.47. The highest BCUT2D eigenvalue weighted by Gasteiger charge is 2.26. The van der Waals surface area contributed by atoms with Crippen molar-refractivity contribution in [3.63, 3.8) is 0 Å². The molecule has 23 heavy (non-hydrogen) atoms. The SMILES string of the molecule is Cc1c(CC(=O)O)c2cccnc2n1S(=O)(=O)c1cccnc1. The Hall–Kier alpha value is -2.74. The maximum atomic E-state index is 12.9. The molecule has 0 aliphatic heterocycles. The smallest absolute Gasteiger partial charge is 0.307 e. The number of fused-ring (bicyclic) bond motifs is 1. The van der Waals surface area contributed by atoms with Gasteiger partial charge in [0.15, 0.2) is 5.65 Å². The van der Waals surface area contributed by atoms with Gasteiger partial charge in [0.1, 0.15) is 4.90 Å². The van der Waals surface area contributed by atoms with Crippen LogP contribution < -0.4 is 0 Å². The average Bonchev–Trinajstić information content (AvgIpc) is 2.81. The predicted octanol–water partition coefficient (Wildman–Crippen LogP) is 1.60. The van der Waals surface area contributed by atoms with Gasteiger partial charge in [-0.2, -0.15) is 0 Å². The number of hydrogen-bond acceptors (Lipinski definition) is 5. The van der Waals surface area contributed by atoms with Crippen LogP contribution in [0.25, 0.3) is 11.0 Å². The van der Waals surface area contributed by atoms with Crippen molar-refractivity contribution in [1.29, 1.82) is 0 Å². The first kappa shape index (κ1) is 15.2. The van der Waals surface area contributed by atoms with Gasteiger partial charge in [-0.25, -0.2) is 17.4 Å². The number of nitrogens with zero attached hydrogens (tertiary/aromatic N) is 3. The van der Waals surface area contributed by atoms with Crippen molar-refractivity contribution < 1.29 is 18.3 Å². The summed E-state index contributed by atoms with van der Waals surface area (Å²) in [4.78, 5) is 19.1. The Morgan fingerprint density at radius 2 is 2.00 bits per heavy atom. The minimum atomic E-state index is -3.91. The van der Waals surface area contributed by atoms with Crippen LogP contribution >= 0.6 is 0 Å². The Balaban J connectivity index is 2.35. The molecule has 7 nitrogen and oxygen atoms in total. The Labute approximate surface area is 132 Å². The fourth-order valence-corrected chi connectivity index (χ4v) is 4.04. The summed E-state index contributed by atoms with van der Waals surface area (Å²) in [5.41, 5.74) is 0.989. The summed E-state index contributed by atoms with van der Waals surface area (Å²) in [5.74, 6) is -1.03. The van der Waals surface area contributed by atoms with Gasteiger partial charge in [0.25, 0.3) is 10.0 Å². The molecule has 3 heterocycles. The summed E-state index contributed by atoms with van der Waals surface area (Å²) in [5, 5.41) is 9.60. The summed E-state index contributed by atoms with van der Waals surface area (Å²) in [7, 11) is -3.91. The minimum Gasteiger partial charge on any atom is -0.481 e. The van der Waals surface area contributed by atoms with Crippen molar-refractivity contribution in [3.05, 3.63) is 54.1 Å². The third-order valence-electron chi connectivity index (χ3n) is 3.55. The first-order valence-corrected chi connectivity index (χ1v) is 8.19. The maximum absolute atomic E-state index is 12.9. The second-order valence-electron chi connectivity index (χ2n) is 4.97. The minimum absolute atomic E-state index is 0.0209. The lowest BCUT2D eigenvalue weighted by molar-refractivity contribution is -0.136. The summed E-state index contributed by atoms with van der Waals surface area (Å²) in [6.45, 7) is 1.58. The molecule has 0 aliphatic carbocycles. The molecular formula is C15H13N3O4S. The number of carbonyl (C=O) groups is 1. The van der Waals surface area contributed by atoms with E-state index in [1.54, 1.807) is 19.1 Å². The summed E-state index contributed by atoms with van der Waals surface area (Å²) in [6.07, 6.45) is 3.93. The van der Waals surface area contributed by atoms with E-state index in [0.717, 1.165) is 3.97 Å². The normalized spacial score (nSPS) is 11.7. The molecule has 3 rings (SSSR count). The summed E-state index contributed by atoms with van der Waals surface area (Å²) in [6, 6.07) is 6.28. The zero-order valence-corrected chi connectivity index (χ0v) is 13.0. The topological polar surface area (TPSA) is 102 Å². The molecule has 0 aliphatic rings. The van der Waals surface area contributed by atoms with Crippen LogP contribution in [0.15, 0.2) is 47.8 Å². The van der Waals surface area contributed by atoms with E-state index in [0.29, 0.717) is 16.6 Å². The zero-order chi connectivity index (χ0) is 16.6. The van der Waals surface area contributed by atoms with Crippen LogP contribution in [0.4, 0.5) is 0 Å². The molecule has 0 radical (unpaired) electrons. The third kappa shape index (κ3) is 2.46. The number of aromatic nitrogens is 3. The molecule has 0 saturated heterocycles. The molecule has 3 aromatic heterocycles. The van der Waals surface area contributed by atoms with Gasteiger partial charge in [0.2, 0.25) is 0 Å². The predicted molar refractivity (Wildman–Crippen MR) is 82.6 cm³/mol. The van der Waals surface area contributed by atoms with Crippen molar-refractivity contribution in [2.75, 3.05) is 0 Å². The fraction of sp³-hybridized carbons (Fsp3) is 0.133. The number of rotatable bonds is 4. The number of pyridine rings is 2. The van der Waals surface area contributed by atoms with Crippen molar-refractivity contribution in [1.82, 2.24) is 13.9 Å². The lowest BCUT2D eigenvalue weighted by Gasteiger charge is -2.09. The Morgan fingerprint density at radius 3 is 2.65 bits per heavy atom. The molecule has 0 fully saturated rings. The van der Waals surface area contributed by atoms with Gasteiger partial charge in [-0.3, -0.25) is 9.78 Å². The molecule has 0 amide bonds. The van der Waals surface area contributed by atoms with Gasteiger partial charge in [-0.05, 0) is 36.8 Å². The zero-order valence-electron chi connectivity index (χ0n) is 12.2. The van der Waals surface area contributed by atoms with E-state index in [1.807, 2.05) is 0 Å². The number of hydrogen-bond donors (Lipinski definition) is 1. The molecule has 1 N–H and O–H groups in total. The van der Waals surface area contributed by atoms with Crippen molar-refractivity contribution in [2.45, 2.75) is 18.2 Å². The molecule has 0 saturated carbocycles. The van der Waals surface area contributed by atoms with E-state index < -0.39 is 16.0 Å². The maximum Gasteiger partial charge on any atom is 0.307 e. The number of aliphatic carboxylic acids is 1. The molecule has 0 bridgehead atoms. The molecule has 0 unspecified atom stereocenters. The van der Waals surface area contributed by atoms with Gasteiger partial charge >= 0.3 is 5.97 Å². The van der Waals surface area contributed by atoms with E-state index in [4.69, 9.17) is 5.11 Å². The highest BCUT2D eigenvalue weighted by Crippen LogP contribution is 2.28. The van der Waals surface area contributed by atoms with Crippen molar-refractivity contribution in [2.24, 2.45) is 0 Å². The molecule has 0 spiro atoms. The standard InChI is InChI=1S/C15H13N3O4S/c1-10-13(8-14(19)20)12-5-3-7-17-15(12)18(10)23(21,22)11-4-2-6-16-9-11/h2-7,9H,8H2,1H3,(H,19,20).